The third kappa shape index (κ3) is 2.72. The van der Waals surface area contributed by atoms with Gasteiger partial charge in [0.05, 0.1) is 19.4 Å². The number of fused-ring (bicyclic) bond motifs is 1. The number of hydrogen-bond acceptors (Lipinski definition) is 7. The van der Waals surface area contributed by atoms with Gasteiger partial charge >= 0.3 is 0 Å². The molecular formula is C13H14N8OS. The molecule has 4 heterocycles. The molecule has 0 saturated heterocycles. The first kappa shape index (κ1) is 14.0. The first-order valence-corrected chi connectivity index (χ1v) is 8.08. The second-order valence-electron chi connectivity index (χ2n) is 5.29. The Morgan fingerprint density at radius 2 is 2.22 bits per heavy atom. The zero-order valence-corrected chi connectivity index (χ0v) is 13.1. The van der Waals surface area contributed by atoms with Crippen molar-refractivity contribution in [3.05, 3.63) is 41.4 Å². The van der Waals surface area contributed by atoms with Crippen LogP contribution in [0, 0.1) is 0 Å². The van der Waals surface area contributed by atoms with Crippen LogP contribution in [0.4, 0.5) is 0 Å². The Morgan fingerprint density at radius 3 is 3.00 bits per heavy atom. The van der Waals surface area contributed by atoms with Gasteiger partial charge in [-0.1, -0.05) is 4.49 Å². The molecule has 1 aliphatic heterocycles. The van der Waals surface area contributed by atoms with E-state index in [0.29, 0.717) is 25.3 Å². The number of imidazole rings is 1. The van der Waals surface area contributed by atoms with Gasteiger partial charge in [-0.3, -0.25) is 4.79 Å². The van der Waals surface area contributed by atoms with Crippen molar-refractivity contribution in [1.29, 1.82) is 0 Å². The van der Waals surface area contributed by atoms with E-state index in [0.717, 1.165) is 24.6 Å². The second-order valence-corrected chi connectivity index (χ2v) is 5.90. The van der Waals surface area contributed by atoms with Crippen molar-refractivity contribution < 1.29 is 4.79 Å². The largest absolute Gasteiger partial charge is 0.330 e. The summed E-state index contributed by atoms with van der Waals surface area (Å²) in [5.74, 6) is 1.57. The highest BCUT2D eigenvalue weighted by atomic mass is 32.1. The number of rotatable bonds is 3. The standard InChI is InChI=1S/C13H14N8OS/c22-13(10-8-23-18-15-10)20-3-1-4-21-11(16-17-12(21)7-20)6-19-5-2-14-9-19/h2,5,8-9H,1,3-4,6-7H2. The van der Waals surface area contributed by atoms with Crippen LogP contribution in [0.25, 0.3) is 0 Å². The predicted octanol–water partition coefficient (Wildman–Crippen LogP) is 0.420. The molecule has 3 aromatic heterocycles. The average molecular weight is 330 g/mol. The first-order valence-electron chi connectivity index (χ1n) is 7.24. The average Bonchev–Trinajstić information content (AvgIpc) is 3.29. The fourth-order valence-corrected chi connectivity index (χ4v) is 3.10. The molecule has 118 valence electrons. The zero-order valence-electron chi connectivity index (χ0n) is 12.2. The van der Waals surface area contributed by atoms with Crippen molar-refractivity contribution in [3.63, 3.8) is 0 Å². The van der Waals surface area contributed by atoms with Gasteiger partial charge in [0, 0.05) is 30.9 Å². The Morgan fingerprint density at radius 1 is 1.26 bits per heavy atom. The van der Waals surface area contributed by atoms with Gasteiger partial charge in [0.2, 0.25) is 0 Å². The Labute approximate surface area is 135 Å². The third-order valence-corrected chi connectivity index (χ3v) is 4.30. The number of carbonyl (C=O) groups is 1. The summed E-state index contributed by atoms with van der Waals surface area (Å²) in [5.41, 5.74) is 0.390. The van der Waals surface area contributed by atoms with Crippen LogP contribution in [0.3, 0.4) is 0 Å². The number of carbonyl (C=O) groups excluding carboxylic acids is 1. The topological polar surface area (TPSA) is 94.6 Å². The van der Waals surface area contributed by atoms with Crippen molar-refractivity contribution in [2.75, 3.05) is 6.54 Å². The summed E-state index contributed by atoms with van der Waals surface area (Å²) in [6.45, 7) is 2.53. The fraction of sp³-hybridized carbons (Fsp3) is 0.385. The van der Waals surface area contributed by atoms with Crippen molar-refractivity contribution in [3.8, 4) is 0 Å². The zero-order chi connectivity index (χ0) is 15.6. The molecule has 23 heavy (non-hydrogen) atoms. The quantitative estimate of drug-likeness (QED) is 0.691. The molecule has 3 aromatic rings. The number of nitrogens with zero attached hydrogens (tertiary/aromatic N) is 8. The molecule has 0 aliphatic carbocycles. The maximum absolute atomic E-state index is 12.4. The van der Waals surface area contributed by atoms with Gasteiger partial charge in [-0.2, -0.15) is 0 Å². The summed E-state index contributed by atoms with van der Waals surface area (Å²) in [4.78, 5) is 18.2. The van der Waals surface area contributed by atoms with Crippen LogP contribution in [0.1, 0.15) is 28.6 Å². The Kier molecular flexibility index (Phi) is 3.58. The molecule has 0 bridgehead atoms. The van der Waals surface area contributed by atoms with E-state index in [2.05, 4.69) is 29.3 Å². The number of amides is 1. The molecule has 0 radical (unpaired) electrons. The number of hydrogen-bond donors (Lipinski definition) is 0. The van der Waals surface area contributed by atoms with Gasteiger partial charge in [-0.25, -0.2) is 4.98 Å². The van der Waals surface area contributed by atoms with E-state index < -0.39 is 0 Å². The monoisotopic (exact) mass is 330 g/mol. The molecule has 0 saturated carbocycles. The normalized spacial score (nSPS) is 14.5. The Bertz CT molecular complexity index is 794. The molecule has 9 nitrogen and oxygen atoms in total. The smallest absolute Gasteiger partial charge is 0.275 e. The third-order valence-electron chi connectivity index (χ3n) is 3.80. The van der Waals surface area contributed by atoms with Crippen molar-refractivity contribution in [1.82, 2.24) is 38.8 Å². The second kappa shape index (κ2) is 5.88. The molecule has 0 atom stereocenters. The Balaban J connectivity index is 1.56. The van der Waals surface area contributed by atoms with Gasteiger partial charge in [0.15, 0.2) is 17.3 Å². The number of aromatic nitrogens is 7. The molecule has 10 heteroatoms. The highest BCUT2D eigenvalue weighted by Gasteiger charge is 2.24. The lowest BCUT2D eigenvalue weighted by Crippen LogP contribution is -2.31. The molecular weight excluding hydrogens is 316 g/mol. The van der Waals surface area contributed by atoms with Gasteiger partial charge in [-0.15, -0.1) is 15.3 Å². The first-order chi connectivity index (χ1) is 11.3. The molecule has 0 fully saturated rings. The van der Waals surface area contributed by atoms with Crippen LogP contribution in [-0.4, -0.2) is 51.3 Å². The van der Waals surface area contributed by atoms with Gasteiger partial charge in [-0.05, 0) is 18.0 Å². The van der Waals surface area contributed by atoms with E-state index in [1.165, 1.54) is 11.5 Å². The van der Waals surface area contributed by atoms with Crippen LogP contribution >= 0.6 is 11.5 Å². The fourth-order valence-electron chi connectivity index (χ4n) is 2.67. The minimum atomic E-state index is -0.105. The lowest BCUT2D eigenvalue weighted by molar-refractivity contribution is 0.0737. The highest BCUT2D eigenvalue weighted by Crippen LogP contribution is 2.15. The summed E-state index contributed by atoms with van der Waals surface area (Å²) in [6.07, 6.45) is 6.24. The van der Waals surface area contributed by atoms with E-state index >= 15 is 0 Å². The molecule has 0 spiro atoms. The van der Waals surface area contributed by atoms with Crippen molar-refractivity contribution in [2.45, 2.75) is 26.1 Å². The van der Waals surface area contributed by atoms with E-state index in [9.17, 15) is 4.79 Å². The summed E-state index contributed by atoms with van der Waals surface area (Å²) in [5, 5.41) is 14.1. The molecule has 0 N–H and O–H groups in total. The summed E-state index contributed by atoms with van der Waals surface area (Å²) < 4.78 is 7.79. The van der Waals surface area contributed by atoms with Crippen LogP contribution in [0.15, 0.2) is 24.1 Å². The highest BCUT2D eigenvalue weighted by molar-refractivity contribution is 7.03. The van der Waals surface area contributed by atoms with Crippen LogP contribution < -0.4 is 0 Å². The molecule has 4 rings (SSSR count). The van der Waals surface area contributed by atoms with E-state index in [4.69, 9.17) is 0 Å². The Hall–Kier alpha value is -2.62. The van der Waals surface area contributed by atoms with E-state index in [1.807, 2.05) is 10.8 Å². The molecule has 0 aromatic carbocycles. The van der Waals surface area contributed by atoms with E-state index in [1.54, 1.807) is 22.8 Å². The lowest BCUT2D eigenvalue weighted by Gasteiger charge is -2.17. The van der Waals surface area contributed by atoms with Crippen LogP contribution in [-0.2, 0) is 19.6 Å². The van der Waals surface area contributed by atoms with E-state index in [-0.39, 0.29) is 5.91 Å². The minimum Gasteiger partial charge on any atom is -0.330 e. The molecule has 1 aliphatic rings. The summed E-state index contributed by atoms with van der Waals surface area (Å²) >= 11 is 1.18. The summed E-state index contributed by atoms with van der Waals surface area (Å²) in [6, 6.07) is 0. The van der Waals surface area contributed by atoms with Crippen molar-refractivity contribution >= 4 is 17.4 Å². The SMILES string of the molecule is O=C(c1csnn1)N1CCCn2c(nnc2Cn2ccnc2)C1. The summed E-state index contributed by atoms with van der Waals surface area (Å²) in [7, 11) is 0. The lowest BCUT2D eigenvalue weighted by atomic mass is 10.3. The maximum Gasteiger partial charge on any atom is 0.275 e. The van der Waals surface area contributed by atoms with Crippen LogP contribution in [0.2, 0.25) is 0 Å². The van der Waals surface area contributed by atoms with Gasteiger partial charge in [0.25, 0.3) is 5.91 Å². The van der Waals surface area contributed by atoms with Crippen LogP contribution in [0.5, 0.6) is 0 Å². The molecule has 1 amide bonds. The minimum absolute atomic E-state index is 0.105. The maximum atomic E-state index is 12.4. The predicted molar refractivity (Wildman–Crippen MR) is 80.6 cm³/mol. The molecule has 0 unspecified atom stereocenters. The van der Waals surface area contributed by atoms with Crippen molar-refractivity contribution in [2.24, 2.45) is 0 Å². The van der Waals surface area contributed by atoms with Gasteiger partial charge in [0.1, 0.15) is 0 Å². The van der Waals surface area contributed by atoms with Gasteiger partial charge < -0.3 is 14.0 Å².